The molecule has 0 spiro atoms. The van der Waals surface area contributed by atoms with Gasteiger partial charge in [0.15, 0.2) is 19.7 Å². The first-order valence-corrected chi connectivity index (χ1v) is 57.4. The quantitative estimate of drug-likeness (QED) is 0.0479. The van der Waals surface area contributed by atoms with Gasteiger partial charge in [0.05, 0.1) is 28.6 Å². The first-order chi connectivity index (χ1) is 68.4. The van der Waals surface area contributed by atoms with E-state index in [0.717, 1.165) is 106 Å². The molecule has 5 heterocycles. The zero-order valence-corrected chi connectivity index (χ0v) is 94.0. The van der Waals surface area contributed by atoms with Crippen molar-refractivity contribution in [1.82, 2.24) is 14.7 Å². The van der Waals surface area contributed by atoms with Gasteiger partial charge in [0.1, 0.15) is 42.9 Å². The molecule has 5 aliphatic rings. The topological polar surface area (TPSA) is 121 Å². The van der Waals surface area contributed by atoms with Crippen LogP contribution in [0.1, 0.15) is 362 Å². The molecule has 0 unspecified atom stereocenters. The number of para-hydroxylation sites is 2. The Kier molecular flexibility index (Phi) is 60.4. The summed E-state index contributed by atoms with van der Waals surface area (Å²) in [6.45, 7) is 65.2. The minimum Gasteiger partial charge on any atom is -0.492 e. The number of piperidine rings is 4. The third kappa shape index (κ3) is 49.0. The Bertz CT molecular complexity index is 5420. The summed E-state index contributed by atoms with van der Waals surface area (Å²) in [5, 5.41) is 0. The molecule has 0 atom stereocenters. The smallest absolute Gasteiger partial charge is 0.416 e. The standard InChI is InChI=1S/C17H24F3NO.2C16H25NO.C14H21N.C13H19NO.2C10H14O2S.2C10H14.C9H11F.2CH4/c1-13(2)15-12-14(6-7-16(15)17(18,19)20)22-11-10-21-8-4-3-5-9-21;1-14(2)15-8-4-5-9-16(15)18-13-12-17-10-6-3-7-11-17;1-14(2)15-7-6-8-16(13-15)18-12-11-17-9-4-3-5-10-17;1-12(2)13-7-6-8-14(11-13)15-9-4-3-5-10-15;1-11(2)12-5-3-4-6-13(12)14-7-9-15-10-8-14;1-8(2)9-5-4-6-10(7-9)13(3,11)12;1-8(2)9-6-4-5-7-10(9)13(3,11)12;1-8(2)10-6-4-5-9(3)7-10;1-8(2)10-7-5-4-6-9(10)3;1-7(2)8-4-3-5-9(10)6-8;;/h6-7,12-13H,3-5,8-11H2,1-2H3;4-5,8-9,14H,3,6-7,10-13H2,1-2H3;6-8,13-14H,3-5,9-12H2,1-2H3;6-8,11-12H,3-5,9-10H2,1-2H3;3-6,11H,7-10H2,1-2H3;2*4-8H,1-3H3;2*4-8H,1-3H3;3-7H,1-2H3;2*1H4. The van der Waals surface area contributed by atoms with Crippen molar-refractivity contribution in [3.8, 4) is 17.2 Å². The summed E-state index contributed by atoms with van der Waals surface area (Å²) < 4.78 is 119. The van der Waals surface area contributed by atoms with Gasteiger partial charge in [-0.15, -0.1) is 0 Å². The number of rotatable bonds is 26. The van der Waals surface area contributed by atoms with Crippen molar-refractivity contribution in [2.75, 3.05) is 140 Å². The van der Waals surface area contributed by atoms with Crippen LogP contribution in [0.5, 0.6) is 17.2 Å². The summed E-state index contributed by atoms with van der Waals surface area (Å²) in [4.78, 5) is 13.2. The monoisotopic (exact) mass is 2050 g/mol. The summed E-state index contributed by atoms with van der Waals surface area (Å²) >= 11 is 0. The van der Waals surface area contributed by atoms with Crippen LogP contribution in [-0.2, 0) is 30.6 Å². The summed E-state index contributed by atoms with van der Waals surface area (Å²) in [5.41, 5.74) is 16.8. The maximum absolute atomic E-state index is 13.0. The van der Waals surface area contributed by atoms with Crippen molar-refractivity contribution in [3.05, 3.63) is 315 Å². The highest BCUT2D eigenvalue weighted by Crippen LogP contribution is 2.38. The van der Waals surface area contributed by atoms with Crippen LogP contribution in [0.4, 0.5) is 28.9 Å². The molecule has 146 heavy (non-hydrogen) atoms. The van der Waals surface area contributed by atoms with Crippen molar-refractivity contribution in [1.29, 1.82) is 0 Å². The number of hydrogen-bond acceptors (Lipinski definition) is 13. The van der Waals surface area contributed by atoms with Crippen molar-refractivity contribution in [2.24, 2.45) is 0 Å². The molecule has 15 rings (SSSR count). The van der Waals surface area contributed by atoms with E-state index in [0.29, 0.717) is 75.1 Å². The van der Waals surface area contributed by atoms with Crippen LogP contribution in [0, 0.1) is 19.7 Å². The van der Waals surface area contributed by atoms with Gasteiger partial charge in [-0.1, -0.05) is 330 Å². The number of alkyl halides is 3. The zero-order valence-electron chi connectivity index (χ0n) is 92.3. The highest BCUT2D eigenvalue weighted by atomic mass is 32.2. The van der Waals surface area contributed by atoms with Gasteiger partial charge in [-0.3, -0.25) is 14.7 Å². The third-order valence-corrected chi connectivity index (χ3v) is 28.8. The Hall–Kier alpha value is -9.34. The third-order valence-electron chi connectivity index (χ3n) is 26.5. The van der Waals surface area contributed by atoms with Crippen molar-refractivity contribution >= 4 is 31.0 Å². The predicted octanol–water partition coefficient (Wildman–Crippen LogP) is 33.4. The molecular formula is C127H189F4N5O8S2. The van der Waals surface area contributed by atoms with Gasteiger partial charge in [0.2, 0.25) is 0 Å². The lowest BCUT2D eigenvalue weighted by Crippen LogP contribution is -2.36. The second kappa shape index (κ2) is 68.4. The molecule has 5 saturated heterocycles. The van der Waals surface area contributed by atoms with Crippen LogP contribution in [0.15, 0.2) is 246 Å². The molecule has 0 amide bonds. The van der Waals surface area contributed by atoms with Gasteiger partial charge in [0, 0.05) is 69.7 Å². The zero-order chi connectivity index (χ0) is 106. The molecule has 0 aliphatic carbocycles. The van der Waals surface area contributed by atoms with Crippen LogP contribution in [0.2, 0.25) is 0 Å². The fourth-order valence-electron chi connectivity index (χ4n) is 17.7. The van der Waals surface area contributed by atoms with Gasteiger partial charge < -0.3 is 28.7 Å². The Labute approximate surface area is 885 Å². The number of benzene rings is 10. The fraction of sp³-hybridized carbons (Fsp3) is 0.528. The maximum Gasteiger partial charge on any atom is 0.416 e. The normalized spacial score (nSPS) is 14.6. The molecule has 0 N–H and O–H groups in total. The molecule has 0 bridgehead atoms. The van der Waals surface area contributed by atoms with E-state index < -0.39 is 31.4 Å². The summed E-state index contributed by atoms with van der Waals surface area (Å²) in [7, 11) is -6.14. The van der Waals surface area contributed by atoms with Crippen LogP contribution < -0.4 is 24.0 Å². The van der Waals surface area contributed by atoms with Gasteiger partial charge in [-0.25, -0.2) is 21.2 Å². The molecule has 0 saturated carbocycles. The molecule has 0 aromatic heterocycles. The average Bonchev–Trinajstić information content (AvgIpc) is 0.807. The number of morpholine rings is 1. The van der Waals surface area contributed by atoms with Crippen LogP contribution in [0.25, 0.3) is 0 Å². The van der Waals surface area contributed by atoms with Crippen LogP contribution in [-0.4, -0.2) is 162 Å². The molecule has 19 heteroatoms. The Morgan fingerprint density at radius 2 is 0.705 bits per heavy atom. The molecule has 10 aromatic rings. The fourth-order valence-corrected chi connectivity index (χ4v) is 19.4. The van der Waals surface area contributed by atoms with Crippen molar-refractivity contribution < 1.29 is 53.3 Å². The molecule has 5 aliphatic heterocycles. The number of aryl methyl sites for hydroxylation is 2. The first kappa shape index (κ1) is 129. The predicted molar refractivity (Wildman–Crippen MR) is 616 cm³/mol. The largest absolute Gasteiger partial charge is 0.492 e. The van der Waals surface area contributed by atoms with Crippen molar-refractivity contribution in [3.63, 3.8) is 0 Å². The number of hydrogen-bond donors (Lipinski definition) is 0. The lowest BCUT2D eigenvalue weighted by molar-refractivity contribution is -0.138. The number of likely N-dealkylation sites (tertiary alicyclic amines) is 3. The Morgan fingerprint density at radius 3 is 1.13 bits per heavy atom. The second-order valence-corrected chi connectivity index (χ2v) is 45.9. The number of anilines is 2. The Balaban J connectivity index is 0.000000341. The van der Waals surface area contributed by atoms with E-state index in [-0.39, 0.29) is 32.5 Å². The summed E-state index contributed by atoms with van der Waals surface area (Å²) in [6, 6.07) is 76.9. The van der Waals surface area contributed by atoms with Crippen LogP contribution in [0.3, 0.4) is 0 Å². The molecule has 5 fully saturated rings. The van der Waals surface area contributed by atoms with E-state index in [4.69, 9.17) is 18.9 Å². The lowest BCUT2D eigenvalue weighted by Gasteiger charge is -2.31. The van der Waals surface area contributed by atoms with Gasteiger partial charge in [-0.05, 0) is 316 Å². The summed E-state index contributed by atoms with van der Waals surface area (Å²) in [6.07, 6.45) is 14.2. The number of halogens is 4. The van der Waals surface area contributed by atoms with E-state index in [2.05, 4.69) is 281 Å². The molecule has 0 radical (unpaired) electrons. The molecule has 810 valence electrons. The number of ether oxygens (including phenoxy) is 4. The highest BCUT2D eigenvalue weighted by molar-refractivity contribution is 7.91. The number of nitrogens with zero attached hydrogens (tertiary/aromatic N) is 5. The minimum absolute atomic E-state index is 0. The van der Waals surface area contributed by atoms with Crippen LogP contribution >= 0.6 is 0 Å². The summed E-state index contributed by atoms with van der Waals surface area (Å²) in [5.74, 6) is 6.89. The van der Waals surface area contributed by atoms with E-state index in [1.54, 1.807) is 56.3 Å². The number of sulfone groups is 2. The molecule has 10 aromatic carbocycles. The van der Waals surface area contributed by atoms with Gasteiger partial charge in [-0.2, -0.15) is 13.2 Å². The van der Waals surface area contributed by atoms with E-state index >= 15 is 0 Å². The van der Waals surface area contributed by atoms with Gasteiger partial charge >= 0.3 is 6.18 Å². The molecular weight excluding hydrogens is 1860 g/mol. The lowest BCUT2D eigenvalue weighted by atomic mass is 9.96. The maximum atomic E-state index is 13.0. The van der Waals surface area contributed by atoms with E-state index in [1.165, 1.54) is 203 Å². The van der Waals surface area contributed by atoms with Crippen molar-refractivity contribution in [2.45, 2.75) is 319 Å². The average molecular weight is 2050 g/mol. The first-order valence-electron chi connectivity index (χ1n) is 53.6. The minimum atomic E-state index is -4.31. The van der Waals surface area contributed by atoms with E-state index in [9.17, 15) is 34.4 Å². The Morgan fingerprint density at radius 1 is 0.322 bits per heavy atom. The SMILES string of the molecule is C.C.CC(C)c1cc(OCCN2CCCCC2)ccc1C(F)(F)F.CC(C)c1cccc(F)c1.CC(C)c1cccc(N2CCCCC2)c1.CC(C)c1cccc(OCCN2CCCCC2)c1.CC(C)c1cccc(S(C)(=O)=O)c1.CC(C)c1ccccc1N1CCOCC1.CC(C)c1ccccc1OCCN1CCCCC1.CC(C)c1ccccc1S(C)(=O)=O.Cc1cccc(C(C)C)c1.Cc1ccccc1C(C)C. The van der Waals surface area contributed by atoms with Gasteiger partial charge in [0.25, 0.3) is 0 Å². The highest BCUT2D eigenvalue weighted by Gasteiger charge is 2.34. The van der Waals surface area contributed by atoms with E-state index in [1.807, 2.05) is 52.0 Å². The molecule has 13 nitrogen and oxygen atoms in total. The second-order valence-electron chi connectivity index (χ2n) is 41.9.